The van der Waals surface area contributed by atoms with Crippen molar-refractivity contribution >= 4 is 26.8 Å². The highest BCUT2D eigenvalue weighted by atomic mass is 32.2. The van der Waals surface area contributed by atoms with Crippen molar-refractivity contribution in [3.8, 4) is 5.75 Å². The summed E-state index contributed by atoms with van der Waals surface area (Å²) < 4.78 is 32.9. The molecule has 3 heterocycles. The van der Waals surface area contributed by atoms with Gasteiger partial charge in [0.2, 0.25) is 9.84 Å². The summed E-state index contributed by atoms with van der Waals surface area (Å²) in [6, 6.07) is 6.94. The van der Waals surface area contributed by atoms with Gasteiger partial charge < -0.3 is 14.2 Å². The quantitative estimate of drug-likeness (QED) is 0.585. The molecule has 0 radical (unpaired) electrons. The summed E-state index contributed by atoms with van der Waals surface area (Å²) in [5.74, 6) is 1.05. The Labute approximate surface area is 163 Å². The predicted molar refractivity (Wildman–Crippen MR) is 105 cm³/mol. The molecular formula is C18H22N6O3S. The Hall–Kier alpha value is -2.72. The number of ether oxygens (including phenoxy) is 1. The number of methoxy groups -OCH3 is 1. The van der Waals surface area contributed by atoms with Gasteiger partial charge >= 0.3 is 0 Å². The Kier molecular flexibility index (Phi) is 4.68. The lowest BCUT2D eigenvalue weighted by Crippen LogP contribution is -2.25. The maximum absolute atomic E-state index is 13.0. The molecular weight excluding hydrogens is 380 g/mol. The molecule has 148 valence electrons. The smallest absolute Gasteiger partial charge is 0.251 e. The van der Waals surface area contributed by atoms with E-state index in [1.807, 2.05) is 11.9 Å². The van der Waals surface area contributed by atoms with E-state index >= 15 is 0 Å². The second-order valence-corrected chi connectivity index (χ2v) is 8.83. The molecule has 0 saturated carbocycles. The van der Waals surface area contributed by atoms with Crippen LogP contribution in [0.25, 0.3) is 11.2 Å². The molecule has 1 saturated heterocycles. The average molecular weight is 402 g/mol. The van der Waals surface area contributed by atoms with Crippen LogP contribution in [0, 0.1) is 0 Å². The fraction of sp³-hybridized carbons (Fsp3) is 0.389. The minimum atomic E-state index is -3.73. The van der Waals surface area contributed by atoms with E-state index in [1.54, 1.807) is 49.3 Å². The molecule has 28 heavy (non-hydrogen) atoms. The number of imidazole rings is 1. The van der Waals surface area contributed by atoms with Crippen LogP contribution in [0.4, 0.5) is 5.82 Å². The van der Waals surface area contributed by atoms with Crippen LogP contribution < -0.4 is 9.64 Å². The van der Waals surface area contributed by atoms with Gasteiger partial charge in [0.15, 0.2) is 17.0 Å². The number of hydrogen-bond donors (Lipinski definition) is 0. The van der Waals surface area contributed by atoms with Crippen molar-refractivity contribution in [3.05, 3.63) is 36.2 Å². The first kappa shape index (κ1) is 18.6. The molecule has 0 aliphatic carbocycles. The van der Waals surface area contributed by atoms with E-state index in [0.29, 0.717) is 35.0 Å². The van der Waals surface area contributed by atoms with Gasteiger partial charge in [-0.05, 0) is 24.7 Å². The second kappa shape index (κ2) is 7.02. The molecule has 0 amide bonds. The van der Waals surface area contributed by atoms with E-state index in [-0.39, 0.29) is 10.9 Å². The largest absolute Gasteiger partial charge is 0.497 e. The number of sulfone groups is 1. The van der Waals surface area contributed by atoms with Gasteiger partial charge in [0.25, 0.3) is 5.16 Å². The van der Waals surface area contributed by atoms with Crippen LogP contribution in [-0.4, -0.2) is 66.8 Å². The van der Waals surface area contributed by atoms with Gasteiger partial charge in [0, 0.05) is 20.1 Å². The Balaban J connectivity index is 1.75. The van der Waals surface area contributed by atoms with Crippen molar-refractivity contribution in [2.45, 2.75) is 10.9 Å². The number of nitrogens with zero attached hydrogens (tertiary/aromatic N) is 6. The third kappa shape index (κ3) is 3.40. The van der Waals surface area contributed by atoms with Crippen LogP contribution in [0.3, 0.4) is 0 Å². The molecule has 0 spiro atoms. The van der Waals surface area contributed by atoms with E-state index in [2.05, 4.69) is 19.9 Å². The van der Waals surface area contributed by atoms with Gasteiger partial charge in [0.05, 0.1) is 25.9 Å². The van der Waals surface area contributed by atoms with E-state index in [1.165, 1.54) is 0 Å². The van der Waals surface area contributed by atoms with Crippen LogP contribution in [0.15, 0.2) is 35.7 Å². The predicted octanol–water partition coefficient (Wildman–Crippen LogP) is 1.06. The van der Waals surface area contributed by atoms with Gasteiger partial charge in [-0.2, -0.15) is 9.97 Å². The SMILES string of the molecule is COc1ccc(CS(=O)(=O)c2nc(N3CCN(C)C3)c3ncn(C)c3n2)cc1. The monoisotopic (exact) mass is 402 g/mol. The fourth-order valence-electron chi connectivity index (χ4n) is 3.23. The zero-order chi connectivity index (χ0) is 19.9. The average Bonchev–Trinajstić information content (AvgIpc) is 3.27. The number of hydrogen-bond acceptors (Lipinski definition) is 8. The normalized spacial score (nSPS) is 15.5. The topological polar surface area (TPSA) is 93.5 Å². The summed E-state index contributed by atoms with van der Waals surface area (Å²) in [7, 11) is 1.65. The van der Waals surface area contributed by atoms with Gasteiger partial charge in [-0.1, -0.05) is 12.1 Å². The minimum Gasteiger partial charge on any atom is -0.497 e. The van der Waals surface area contributed by atoms with Gasteiger partial charge in [-0.15, -0.1) is 0 Å². The lowest BCUT2D eigenvalue weighted by Gasteiger charge is -2.18. The van der Waals surface area contributed by atoms with Crippen molar-refractivity contribution in [2.24, 2.45) is 7.05 Å². The van der Waals surface area contributed by atoms with Crippen molar-refractivity contribution < 1.29 is 13.2 Å². The molecule has 1 aliphatic rings. The highest BCUT2D eigenvalue weighted by Gasteiger charge is 2.27. The molecule has 1 aliphatic heterocycles. The van der Waals surface area contributed by atoms with Crippen LogP contribution in [0.5, 0.6) is 5.75 Å². The molecule has 10 heteroatoms. The van der Waals surface area contributed by atoms with E-state index < -0.39 is 9.84 Å². The second-order valence-electron chi connectivity index (χ2n) is 6.95. The standard InChI is InChI=1S/C18H22N6O3S/c1-22-8-9-24(12-22)17-15-16(23(2)11-19-15)20-18(21-17)28(25,26)10-13-4-6-14(27-3)7-5-13/h4-7,11H,8-10,12H2,1-3H3. The number of anilines is 1. The molecule has 1 aromatic carbocycles. The first-order chi connectivity index (χ1) is 13.4. The zero-order valence-corrected chi connectivity index (χ0v) is 16.8. The third-order valence-corrected chi connectivity index (χ3v) is 6.23. The highest BCUT2D eigenvalue weighted by molar-refractivity contribution is 7.90. The molecule has 0 N–H and O–H groups in total. The molecule has 3 aromatic rings. The minimum absolute atomic E-state index is 0.177. The maximum atomic E-state index is 13.0. The maximum Gasteiger partial charge on any atom is 0.251 e. The van der Waals surface area contributed by atoms with Crippen LogP contribution in [0.2, 0.25) is 0 Å². The van der Waals surface area contributed by atoms with Crippen LogP contribution in [-0.2, 0) is 22.6 Å². The van der Waals surface area contributed by atoms with Crippen molar-refractivity contribution in [2.75, 3.05) is 38.8 Å². The van der Waals surface area contributed by atoms with E-state index in [4.69, 9.17) is 4.74 Å². The highest BCUT2D eigenvalue weighted by Crippen LogP contribution is 2.26. The summed E-state index contributed by atoms with van der Waals surface area (Å²) in [6.45, 7) is 2.31. The lowest BCUT2D eigenvalue weighted by atomic mass is 10.2. The van der Waals surface area contributed by atoms with Crippen molar-refractivity contribution in [1.29, 1.82) is 0 Å². The van der Waals surface area contributed by atoms with Crippen LogP contribution >= 0.6 is 0 Å². The Morgan fingerprint density at radius 2 is 1.86 bits per heavy atom. The van der Waals surface area contributed by atoms with Gasteiger partial charge in [0.1, 0.15) is 5.75 Å². The summed E-state index contributed by atoms with van der Waals surface area (Å²) in [4.78, 5) is 17.3. The third-order valence-electron chi connectivity index (χ3n) is 4.78. The fourth-order valence-corrected chi connectivity index (χ4v) is 4.45. The Bertz CT molecular complexity index is 1110. The summed E-state index contributed by atoms with van der Waals surface area (Å²) in [5.41, 5.74) is 1.77. The molecule has 0 atom stereocenters. The lowest BCUT2D eigenvalue weighted by molar-refractivity contribution is 0.414. The van der Waals surface area contributed by atoms with Gasteiger partial charge in [-0.25, -0.2) is 13.4 Å². The van der Waals surface area contributed by atoms with Crippen LogP contribution in [0.1, 0.15) is 5.56 Å². The number of aryl methyl sites for hydroxylation is 1. The summed E-state index contributed by atoms with van der Waals surface area (Å²) in [5, 5.41) is -0.177. The summed E-state index contributed by atoms with van der Waals surface area (Å²) >= 11 is 0. The first-order valence-corrected chi connectivity index (χ1v) is 10.5. The number of rotatable bonds is 5. The van der Waals surface area contributed by atoms with E-state index in [0.717, 1.165) is 13.1 Å². The molecule has 4 rings (SSSR count). The molecule has 1 fully saturated rings. The van der Waals surface area contributed by atoms with E-state index in [9.17, 15) is 8.42 Å². The number of benzene rings is 1. The number of fused-ring (bicyclic) bond motifs is 1. The molecule has 2 aromatic heterocycles. The molecule has 9 nitrogen and oxygen atoms in total. The Morgan fingerprint density at radius 3 is 2.50 bits per heavy atom. The van der Waals surface area contributed by atoms with Gasteiger partial charge in [-0.3, -0.25) is 4.90 Å². The van der Waals surface area contributed by atoms with Crippen molar-refractivity contribution in [3.63, 3.8) is 0 Å². The van der Waals surface area contributed by atoms with Crippen molar-refractivity contribution in [1.82, 2.24) is 24.4 Å². The Morgan fingerprint density at radius 1 is 1.11 bits per heavy atom. The first-order valence-electron chi connectivity index (χ1n) is 8.85. The number of likely N-dealkylation sites (N-methyl/N-ethyl adjacent to an activating group) is 1. The molecule has 0 bridgehead atoms. The summed E-state index contributed by atoms with van der Waals surface area (Å²) in [6.07, 6.45) is 1.63. The number of aromatic nitrogens is 4. The zero-order valence-electron chi connectivity index (χ0n) is 16.0. The molecule has 0 unspecified atom stereocenters.